The zero-order chi connectivity index (χ0) is 10.6. The van der Waals surface area contributed by atoms with Gasteiger partial charge in [0, 0.05) is 0 Å². The van der Waals surface area contributed by atoms with E-state index in [0.717, 1.165) is 6.42 Å². The molecule has 0 unspecified atom stereocenters. The van der Waals surface area contributed by atoms with Crippen LogP contribution in [0.5, 0.6) is 0 Å². The van der Waals surface area contributed by atoms with Gasteiger partial charge in [-0.2, -0.15) is 0 Å². The quantitative estimate of drug-likeness (QED) is 0.803. The number of rotatable bonds is 4. The highest BCUT2D eigenvalue weighted by Crippen LogP contribution is 2.15. The highest BCUT2D eigenvalue weighted by Gasteiger charge is 2.21. The van der Waals surface area contributed by atoms with E-state index in [9.17, 15) is 0 Å². The molecule has 0 saturated carbocycles. The Morgan fingerprint density at radius 2 is 2.07 bits per heavy atom. The van der Waals surface area contributed by atoms with Crippen molar-refractivity contribution in [2.45, 2.75) is 25.8 Å². The van der Waals surface area contributed by atoms with Crippen LogP contribution in [-0.2, 0) is 0 Å². The van der Waals surface area contributed by atoms with Crippen LogP contribution in [0.2, 0.25) is 5.02 Å². The fourth-order valence-corrected chi connectivity index (χ4v) is 0.984. The Bertz CT molecular complexity index is 285. The molecule has 1 aromatic heterocycles. The van der Waals surface area contributed by atoms with Gasteiger partial charge >= 0.3 is 0 Å². The first-order valence-corrected chi connectivity index (χ1v) is 4.84. The summed E-state index contributed by atoms with van der Waals surface area (Å²) in [6.07, 6.45) is 3.82. The second-order valence-corrected chi connectivity index (χ2v) is 3.86. The van der Waals surface area contributed by atoms with E-state index < -0.39 is 0 Å². The van der Waals surface area contributed by atoms with Gasteiger partial charge in [-0.25, -0.2) is 9.97 Å². The summed E-state index contributed by atoms with van der Waals surface area (Å²) in [7, 11) is 0. The molecule has 0 saturated heterocycles. The van der Waals surface area contributed by atoms with Crippen molar-refractivity contribution in [3.8, 4) is 0 Å². The van der Waals surface area contributed by atoms with Gasteiger partial charge < -0.3 is 10.4 Å². The van der Waals surface area contributed by atoms with Crippen LogP contribution in [0.3, 0.4) is 0 Å². The maximum absolute atomic E-state index is 9.16. The number of aliphatic hydroxyl groups excluding tert-OH is 1. The van der Waals surface area contributed by atoms with Gasteiger partial charge in [0.05, 0.1) is 29.6 Å². The highest BCUT2D eigenvalue weighted by molar-refractivity contribution is 6.30. The lowest BCUT2D eigenvalue weighted by atomic mass is 10.0. The number of anilines is 1. The van der Waals surface area contributed by atoms with E-state index in [4.69, 9.17) is 16.7 Å². The van der Waals surface area contributed by atoms with Crippen molar-refractivity contribution < 1.29 is 5.11 Å². The van der Waals surface area contributed by atoms with Crippen molar-refractivity contribution in [1.82, 2.24) is 9.97 Å². The van der Waals surface area contributed by atoms with Crippen LogP contribution in [0.25, 0.3) is 0 Å². The number of aliphatic hydroxyl groups is 1. The molecule has 4 nitrogen and oxygen atoms in total. The molecule has 14 heavy (non-hydrogen) atoms. The number of hydrogen-bond donors (Lipinski definition) is 2. The van der Waals surface area contributed by atoms with E-state index >= 15 is 0 Å². The summed E-state index contributed by atoms with van der Waals surface area (Å²) in [5, 5.41) is 12.7. The molecule has 0 fully saturated rings. The third-order valence-electron chi connectivity index (χ3n) is 2.16. The second-order valence-electron chi connectivity index (χ2n) is 3.42. The molecule has 1 rings (SSSR count). The Morgan fingerprint density at radius 3 is 2.50 bits per heavy atom. The monoisotopic (exact) mass is 215 g/mol. The van der Waals surface area contributed by atoms with E-state index in [1.807, 2.05) is 13.8 Å². The number of hydrogen-bond acceptors (Lipinski definition) is 4. The molecule has 0 spiro atoms. The Morgan fingerprint density at radius 1 is 1.50 bits per heavy atom. The van der Waals surface area contributed by atoms with Gasteiger partial charge in [0.25, 0.3) is 0 Å². The number of aromatic nitrogens is 2. The molecule has 0 aromatic carbocycles. The molecule has 0 aliphatic heterocycles. The van der Waals surface area contributed by atoms with Crippen LogP contribution in [-0.4, -0.2) is 27.2 Å². The van der Waals surface area contributed by atoms with Gasteiger partial charge in [0.15, 0.2) is 0 Å². The largest absolute Gasteiger partial charge is 0.394 e. The van der Waals surface area contributed by atoms with Gasteiger partial charge in [0.2, 0.25) is 5.95 Å². The summed E-state index contributed by atoms with van der Waals surface area (Å²) >= 11 is 5.65. The van der Waals surface area contributed by atoms with Crippen molar-refractivity contribution in [1.29, 1.82) is 0 Å². The van der Waals surface area contributed by atoms with Crippen molar-refractivity contribution in [3.05, 3.63) is 17.4 Å². The van der Waals surface area contributed by atoms with Gasteiger partial charge in [-0.05, 0) is 13.3 Å². The predicted molar refractivity (Wildman–Crippen MR) is 56.4 cm³/mol. The maximum Gasteiger partial charge on any atom is 0.223 e. The SMILES string of the molecule is CC[C@@](C)(CO)Nc1ncc(Cl)cn1. The molecule has 0 amide bonds. The van der Waals surface area contributed by atoms with E-state index in [-0.39, 0.29) is 12.1 Å². The number of nitrogens with one attached hydrogen (secondary N) is 1. The standard InChI is InChI=1S/C9H14ClN3O/c1-3-9(2,6-14)13-8-11-4-7(10)5-12-8/h4-5,14H,3,6H2,1-2H3,(H,11,12,13)/t9-/m0/s1. The van der Waals surface area contributed by atoms with Gasteiger partial charge in [-0.1, -0.05) is 18.5 Å². The Labute approximate surface area is 88.3 Å². The lowest BCUT2D eigenvalue weighted by molar-refractivity contribution is 0.218. The third-order valence-corrected chi connectivity index (χ3v) is 2.36. The van der Waals surface area contributed by atoms with Crippen LogP contribution in [0, 0.1) is 0 Å². The minimum absolute atomic E-state index is 0.0372. The van der Waals surface area contributed by atoms with Gasteiger partial charge in [-0.3, -0.25) is 0 Å². The fraction of sp³-hybridized carbons (Fsp3) is 0.556. The average Bonchev–Trinajstić information content (AvgIpc) is 2.21. The Hall–Kier alpha value is -0.870. The van der Waals surface area contributed by atoms with Crippen LogP contribution >= 0.6 is 11.6 Å². The van der Waals surface area contributed by atoms with Crippen molar-refractivity contribution in [2.24, 2.45) is 0 Å². The molecule has 2 N–H and O–H groups in total. The molecule has 0 aliphatic rings. The topological polar surface area (TPSA) is 58.0 Å². The lowest BCUT2D eigenvalue weighted by Crippen LogP contribution is -2.38. The van der Waals surface area contributed by atoms with Crippen LogP contribution in [0.15, 0.2) is 12.4 Å². The first kappa shape index (κ1) is 11.2. The molecule has 78 valence electrons. The maximum atomic E-state index is 9.16. The van der Waals surface area contributed by atoms with Gasteiger partial charge in [-0.15, -0.1) is 0 Å². The molecule has 1 heterocycles. The summed E-state index contributed by atoms with van der Waals surface area (Å²) in [4.78, 5) is 7.99. The van der Waals surface area contributed by atoms with E-state index in [1.165, 1.54) is 12.4 Å². The molecule has 0 radical (unpaired) electrons. The first-order chi connectivity index (χ1) is 6.59. The molecule has 1 aromatic rings. The van der Waals surface area contributed by atoms with Crippen LogP contribution in [0.4, 0.5) is 5.95 Å². The van der Waals surface area contributed by atoms with Crippen LogP contribution < -0.4 is 5.32 Å². The minimum Gasteiger partial charge on any atom is -0.394 e. The predicted octanol–water partition coefficient (Wildman–Crippen LogP) is 1.70. The minimum atomic E-state index is -0.381. The molecule has 0 bridgehead atoms. The Kier molecular flexibility index (Phi) is 3.66. The first-order valence-electron chi connectivity index (χ1n) is 4.46. The summed E-state index contributed by atoms with van der Waals surface area (Å²) in [6, 6.07) is 0. The number of nitrogens with zero attached hydrogens (tertiary/aromatic N) is 2. The molecule has 0 aliphatic carbocycles. The van der Waals surface area contributed by atoms with Crippen molar-refractivity contribution in [3.63, 3.8) is 0 Å². The Balaban J connectivity index is 2.72. The number of halogens is 1. The lowest BCUT2D eigenvalue weighted by Gasteiger charge is -2.26. The van der Waals surface area contributed by atoms with Crippen molar-refractivity contribution >= 4 is 17.5 Å². The zero-order valence-corrected chi connectivity index (χ0v) is 9.04. The summed E-state index contributed by atoms with van der Waals surface area (Å²) < 4.78 is 0. The smallest absolute Gasteiger partial charge is 0.223 e. The molecular formula is C9H14ClN3O. The third kappa shape index (κ3) is 2.82. The highest BCUT2D eigenvalue weighted by atomic mass is 35.5. The van der Waals surface area contributed by atoms with Crippen molar-refractivity contribution in [2.75, 3.05) is 11.9 Å². The van der Waals surface area contributed by atoms with E-state index in [0.29, 0.717) is 11.0 Å². The van der Waals surface area contributed by atoms with Crippen LogP contribution in [0.1, 0.15) is 20.3 Å². The van der Waals surface area contributed by atoms with E-state index in [2.05, 4.69) is 15.3 Å². The summed E-state index contributed by atoms with van der Waals surface area (Å²) in [6.45, 7) is 3.93. The molecule has 5 heteroatoms. The average molecular weight is 216 g/mol. The normalized spacial score (nSPS) is 14.9. The summed E-state index contributed by atoms with van der Waals surface area (Å²) in [5.74, 6) is 0.479. The molecule has 1 atom stereocenters. The summed E-state index contributed by atoms with van der Waals surface area (Å²) in [5.41, 5.74) is -0.381. The molecular weight excluding hydrogens is 202 g/mol. The zero-order valence-electron chi connectivity index (χ0n) is 8.29. The van der Waals surface area contributed by atoms with E-state index in [1.54, 1.807) is 0 Å². The van der Waals surface area contributed by atoms with Gasteiger partial charge in [0.1, 0.15) is 0 Å². The second kappa shape index (κ2) is 4.57. The fourth-order valence-electron chi connectivity index (χ4n) is 0.886.